The Morgan fingerprint density at radius 2 is 2.20 bits per heavy atom. The quantitative estimate of drug-likeness (QED) is 0.325. The van der Waals surface area contributed by atoms with Gasteiger partial charge in [-0.15, -0.1) is 0 Å². The van der Waals surface area contributed by atoms with Crippen LogP contribution >= 0.6 is 0 Å². The van der Waals surface area contributed by atoms with Gasteiger partial charge in [0, 0.05) is 6.54 Å². The fourth-order valence-electron chi connectivity index (χ4n) is 0.414. The van der Waals surface area contributed by atoms with E-state index in [0.717, 1.165) is 13.2 Å². The monoisotopic (exact) mass is 141 g/mol. The minimum absolute atomic E-state index is 0.733. The molecule has 0 aromatic rings. The predicted octanol–water partition coefficient (Wildman–Crippen LogP) is 1.26. The fraction of sp³-hybridized carbons (Fsp3) is 0.500. The molecular weight excluding hydrogens is 126 g/mol. The van der Waals surface area contributed by atoms with Crippen LogP contribution in [0.25, 0.3) is 0 Å². The first-order valence-electron chi connectivity index (χ1n) is 3.31. The van der Waals surface area contributed by atoms with E-state index in [4.69, 9.17) is 4.74 Å². The molecule has 0 unspecified atom stereocenters. The van der Waals surface area contributed by atoms with Crippen molar-refractivity contribution in [1.82, 2.24) is 4.90 Å². The van der Waals surface area contributed by atoms with E-state index < -0.39 is 0 Å². The van der Waals surface area contributed by atoms with Gasteiger partial charge in [-0.2, -0.15) is 0 Å². The Labute approximate surface area is 62.8 Å². The van der Waals surface area contributed by atoms with Crippen LogP contribution in [0.2, 0.25) is 0 Å². The standard InChI is InChI=1S/C8H15NO/c1-4-5-7-10-8-6-9(2)3/h4-5,7H,1,6,8H2,2-3H3/b7-5+. The molecule has 0 fully saturated rings. The van der Waals surface area contributed by atoms with Crippen LogP contribution < -0.4 is 0 Å². The van der Waals surface area contributed by atoms with Crippen molar-refractivity contribution in [3.8, 4) is 0 Å². The van der Waals surface area contributed by atoms with Crippen LogP contribution in [-0.2, 0) is 4.74 Å². The van der Waals surface area contributed by atoms with E-state index in [9.17, 15) is 0 Å². The summed E-state index contributed by atoms with van der Waals surface area (Å²) in [6.45, 7) is 5.20. The molecule has 2 heteroatoms. The number of allylic oxidation sites excluding steroid dienone is 2. The molecule has 0 atom stereocenters. The van der Waals surface area contributed by atoms with E-state index in [1.54, 1.807) is 18.4 Å². The molecule has 0 radical (unpaired) electrons. The normalized spacial score (nSPS) is 10.7. The van der Waals surface area contributed by atoms with Gasteiger partial charge in [0.1, 0.15) is 0 Å². The largest absolute Gasteiger partial charge is 0.500 e. The lowest BCUT2D eigenvalue weighted by atomic mass is 10.6. The van der Waals surface area contributed by atoms with E-state index in [0.29, 0.717) is 0 Å². The molecule has 2 nitrogen and oxygen atoms in total. The summed E-state index contributed by atoms with van der Waals surface area (Å²) in [6, 6.07) is 0. The Morgan fingerprint density at radius 3 is 2.70 bits per heavy atom. The van der Waals surface area contributed by atoms with Gasteiger partial charge >= 0.3 is 0 Å². The fourth-order valence-corrected chi connectivity index (χ4v) is 0.414. The molecule has 58 valence electrons. The minimum Gasteiger partial charge on any atom is -0.500 e. The lowest BCUT2D eigenvalue weighted by molar-refractivity contribution is 0.212. The third-order valence-corrected chi connectivity index (χ3v) is 0.967. The number of likely N-dealkylation sites (N-methyl/N-ethyl adjacent to an activating group) is 1. The summed E-state index contributed by atoms with van der Waals surface area (Å²) < 4.78 is 5.09. The second-order valence-corrected chi connectivity index (χ2v) is 2.24. The highest BCUT2D eigenvalue weighted by atomic mass is 16.5. The smallest absolute Gasteiger partial charge is 0.0999 e. The molecular formula is C8H15NO. The van der Waals surface area contributed by atoms with Gasteiger partial charge in [0.05, 0.1) is 12.9 Å². The molecule has 0 aliphatic carbocycles. The molecule has 0 aromatic carbocycles. The van der Waals surface area contributed by atoms with Gasteiger partial charge in [-0.25, -0.2) is 0 Å². The zero-order valence-electron chi connectivity index (χ0n) is 6.71. The predicted molar refractivity (Wildman–Crippen MR) is 43.8 cm³/mol. The van der Waals surface area contributed by atoms with Crippen LogP contribution in [0.4, 0.5) is 0 Å². The summed E-state index contributed by atoms with van der Waals surface area (Å²) in [5, 5.41) is 0. The number of nitrogens with zero attached hydrogens (tertiary/aromatic N) is 1. The summed E-state index contributed by atoms with van der Waals surface area (Å²) in [5.74, 6) is 0. The number of rotatable bonds is 5. The van der Waals surface area contributed by atoms with Gasteiger partial charge < -0.3 is 9.64 Å². The van der Waals surface area contributed by atoms with Gasteiger partial charge in [0.2, 0.25) is 0 Å². The maximum atomic E-state index is 5.09. The van der Waals surface area contributed by atoms with Crippen molar-refractivity contribution in [1.29, 1.82) is 0 Å². The average molecular weight is 141 g/mol. The molecule has 0 spiro atoms. The molecule has 0 amide bonds. The van der Waals surface area contributed by atoms with E-state index in [2.05, 4.69) is 11.5 Å². The molecule has 0 saturated carbocycles. The average Bonchev–Trinajstić information content (AvgIpc) is 1.87. The summed E-state index contributed by atoms with van der Waals surface area (Å²) in [5.41, 5.74) is 0. The van der Waals surface area contributed by atoms with Crippen molar-refractivity contribution >= 4 is 0 Å². The summed E-state index contributed by atoms with van der Waals surface area (Å²) in [6.07, 6.45) is 5.11. The number of hydrogen-bond donors (Lipinski definition) is 0. The van der Waals surface area contributed by atoms with Crippen molar-refractivity contribution in [3.05, 3.63) is 25.0 Å². The first-order valence-corrected chi connectivity index (χ1v) is 3.31. The van der Waals surface area contributed by atoms with Crippen LogP contribution in [0.3, 0.4) is 0 Å². The van der Waals surface area contributed by atoms with Gasteiger partial charge in [-0.05, 0) is 20.2 Å². The third-order valence-electron chi connectivity index (χ3n) is 0.967. The zero-order chi connectivity index (χ0) is 7.82. The molecule has 10 heavy (non-hydrogen) atoms. The molecule has 0 aromatic heterocycles. The second-order valence-electron chi connectivity index (χ2n) is 2.24. The number of ether oxygens (including phenoxy) is 1. The van der Waals surface area contributed by atoms with E-state index in [-0.39, 0.29) is 0 Å². The summed E-state index contributed by atoms with van der Waals surface area (Å²) in [4.78, 5) is 2.07. The van der Waals surface area contributed by atoms with Crippen LogP contribution in [-0.4, -0.2) is 32.1 Å². The molecule has 0 N–H and O–H groups in total. The topological polar surface area (TPSA) is 12.5 Å². The van der Waals surface area contributed by atoms with Crippen LogP contribution in [0.15, 0.2) is 25.0 Å². The highest BCUT2D eigenvalue weighted by Gasteiger charge is 1.85. The maximum absolute atomic E-state index is 5.09. The Kier molecular flexibility index (Phi) is 5.88. The number of hydrogen-bond acceptors (Lipinski definition) is 2. The van der Waals surface area contributed by atoms with Crippen molar-refractivity contribution in [2.75, 3.05) is 27.2 Å². The van der Waals surface area contributed by atoms with Crippen LogP contribution in [0, 0.1) is 0 Å². The molecule has 0 saturated heterocycles. The molecule has 0 bridgehead atoms. The maximum Gasteiger partial charge on any atom is 0.0999 e. The van der Waals surface area contributed by atoms with E-state index >= 15 is 0 Å². The first-order chi connectivity index (χ1) is 4.77. The van der Waals surface area contributed by atoms with Crippen LogP contribution in [0.1, 0.15) is 0 Å². The van der Waals surface area contributed by atoms with Crippen LogP contribution in [0.5, 0.6) is 0 Å². The minimum atomic E-state index is 0.733. The molecule has 0 aliphatic heterocycles. The van der Waals surface area contributed by atoms with Crippen molar-refractivity contribution in [3.63, 3.8) is 0 Å². The molecule has 0 aliphatic rings. The highest BCUT2D eigenvalue weighted by Crippen LogP contribution is 1.80. The van der Waals surface area contributed by atoms with E-state index in [1.807, 2.05) is 14.1 Å². The van der Waals surface area contributed by atoms with Gasteiger partial charge in [0.25, 0.3) is 0 Å². The Balaban J connectivity index is 3.04. The van der Waals surface area contributed by atoms with E-state index in [1.165, 1.54) is 0 Å². The Bertz CT molecular complexity index is 108. The van der Waals surface area contributed by atoms with Gasteiger partial charge in [0.15, 0.2) is 0 Å². The SMILES string of the molecule is C=C/C=C/OCCN(C)C. The van der Waals surface area contributed by atoms with Crippen molar-refractivity contribution < 1.29 is 4.74 Å². The van der Waals surface area contributed by atoms with Gasteiger partial charge in [-0.1, -0.05) is 12.7 Å². The van der Waals surface area contributed by atoms with Crippen molar-refractivity contribution in [2.24, 2.45) is 0 Å². The first kappa shape index (κ1) is 9.24. The lowest BCUT2D eigenvalue weighted by Gasteiger charge is -2.07. The summed E-state index contributed by atoms with van der Waals surface area (Å²) >= 11 is 0. The van der Waals surface area contributed by atoms with Gasteiger partial charge in [-0.3, -0.25) is 0 Å². The summed E-state index contributed by atoms with van der Waals surface area (Å²) in [7, 11) is 4.03. The molecule has 0 rings (SSSR count). The Hall–Kier alpha value is -0.760. The molecule has 0 heterocycles. The highest BCUT2D eigenvalue weighted by molar-refractivity contribution is 4.92. The second kappa shape index (κ2) is 6.36. The lowest BCUT2D eigenvalue weighted by Crippen LogP contribution is -2.16. The van der Waals surface area contributed by atoms with Crippen molar-refractivity contribution in [2.45, 2.75) is 0 Å². The third kappa shape index (κ3) is 7.24. The zero-order valence-corrected chi connectivity index (χ0v) is 6.71. The Morgan fingerprint density at radius 1 is 1.50 bits per heavy atom.